The Kier molecular flexibility index (Phi) is 5.40. The summed E-state index contributed by atoms with van der Waals surface area (Å²) in [5.41, 5.74) is 0.349. The maximum atomic E-state index is 12.7. The first-order valence-electron chi connectivity index (χ1n) is 8.51. The molecule has 0 radical (unpaired) electrons. The predicted molar refractivity (Wildman–Crippen MR) is 95.6 cm³/mol. The maximum Gasteiger partial charge on any atom is 0.243 e. The van der Waals surface area contributed by atoms with Gasteiger partial charge in [0, 0.05) is 25.9 Å². The molecule has 1 aromatic carbocycles. The molecule has 9 heteroatoms. The van der Waals surface area contributed by atoms with Gasteiger partial charge < -0.3 is 19.1 Å². The van der Waals surface area contributed by atoms with E-state index in [-0.39, 0.29) is 12.5 Å². The highest BCUT2D eigenvalue weighted by Crippen LogP contribution is 2.32. The van der Waals surface area contributed by atoms with Crippen molar-refractivity contribution in [3.63, 3.8) is 0 Å². The van der Waals surface area contributed by atoms with Gasteiger partial charge in [0.15, 0.2) is 5.79 Å². The van der Waals surface area contributed by atoms with Gasteiger partial charge in [0.25, 0.3) is 0 Å². The van der Waals surface area contributed by atoms with Crippen LogP contribution in [0.2, 0.25) is 0 Å². The molecule has 0 atom stereocenters. The van der Waals surface area contributed by atoms with E-state index in [1.165, 1.54) is 7.11 Å². The van der Waals surface area contributed by atoms with E-state index in [9.17, 15) is 13.2 Å². The summed E-state index contributed by atoms with van der Waals surface area (Å²) < 4.78 is 42.2. The van der Waals surface area contributed by atoms with Crippen molar-refractivity contribution in [3.05, 3.63) is 24.3 Å². The summed E-state index contributed by atoms with van der Waals surface area (Å²) in [6, 6.07) is 6.74. The molecule has 0 bridgehead atoms. The van der Waals surface area contributed by atoms with Crippen LogP contribution < -0.4 is 9.04 Å². The minimum atomic E-state index is -3.65. The van der Waals surface area contributed by atoms with E-state index >= 15 is 0 Å². The number of rotatable bonds is 5. The van der Waals surface area contributed by atoms with E-state index in [0.717, 1.165) is 10.6 Å². The van der Waals surface area contributed by atoms with Gasteiger partial charge in [-0.2, -0.15) is 0 Å². The number of ether oxygens (including phenoxy) is 3. The molecule has 0 aromatic heterocycles. The molecule has 8 nitrogen and oxygen atoms in total. The summed E-state index contributed by atoms with van der Waals surface area (Å²) in [6.45, 7) is 1.83. The fraction of sp³-hybridized carbons (Fsp3) is 0.588. The van der Waals surface area contributed by atoms with Crippen LogP contribution in [0.25, 0.3) is 0 Å². The Morgan fingerprint density at radius 1 is 1.23 bits per heavy atom. The van der Waals surface area contributed by atoms with Gasteiger partial charge in [0.1, 0.15) is 12.3 Å². The van der Waals surface area contributed by atoms with Crippen molar-refractivity contribution < 1.29 is 27.4 Å². The van der Waals surface area contributed by atoms with Crippen molar-refractivity contribution in [1.29, 1.82) is 0 Å². The van der Waals surface area contributed by atoms with Crippen LogP contribution in [0.15, 0.2) is 24.3 Å². The van der Waals surface area contributed by atoms with Crippen molar-refractivity contribution >= 4 is 21.6 Å². The fourth-order valence-electron chi connectivity index (χ4n) is 3.32. The van der Waals surface area contributed by atoms with Gasteiger partial charge in [-0.3, -0.25) is 9.10 Å². The Balaban J connectivity index is 1.73. The van der Waals surface area contributed by atoms with Crippen molar-refractivity contribution in [1.82, 2.24) is 4.90 Å². The maximum absolute atomic E-state index is 12.7. The second-order valence-corrected chi connectivity index (χ2v) is 8.34. The first kappa shape index (κ1) is 18.9. The number of carbonyl (C=O) groups excluding carboxylic acids is 1. The monoisotopic (exact) mass is 384 g/mol. The van der Waals surface area contributed by atoms with Gasteiger partial charge >= 0.3 is 0 Å². The van der Waals surface area contributed by atoms with Gasteiger partial charge in [-0.25, -0.2) is 8.42 Å². The number of nitrogens with zero attached hydrogens (tertiary/aromatic N) is 2. The number of methoxy groups -OCH3 is 1. The van der Waals surface area contributed by atoms with Crippen LogP contribution in [0.5, 0.6) is 5.75 Å². The molecule has 2 fully saturated rings. The summed E-state index contributed by atoms with van der Waals surface area (Å²) in [5, 5.41) is 0. The Bertz CT molecular complexity index is 750. The lowest BCUT2D eigenvalue weighted by molar-refractivity contribution is -0.187. The highest BCUT2D eigenvalue weighted by atomic mass is 32.2. The van der Waals surface area contributed by atoms with Crippen LogP contribution in [-0.4, -0.2) is 71.2 Å². The Labute approximate surface area is 153 Å². The SMILES string of the molecule is COc1ccccc1N(CC(=O)N1CCC2(CC1)OCCO2)S(C)(=O)=O. The fourth-order valence-corrected chi connectivity index (χ4v) is 4.18. The Morgan fingerprint density at radius 3 is 2.42 bits per heavy atom. The van der Waals surface area contributed by atoms with E-state index < -0.39 is 15.8 Å². The normalized spacial score (nSPS) is 19.5. The van der Waals surface area contributed by atoms with Crippen LogP contribution >= 0.6 is 0 Å². The van der Waals surface area contributed by atoms with E-state index in [1.807, 2.05) is 0 Å². The average Bonchev–Trinajstić information content (AvgIpc) is 3.07. The molecule has 0 aliphatic carbocycles. The van der Waals surface area contributed by atoms with Gasteiger partial charge in [-0.1, -0.05) is 12.1 Å². The van der Waals surface area contributed by atoms with E-state index in [2.05, 4.69) is 0 Å². The van der Waals surface area contributed by atoms with E-state index in [0.29, 0.717) is 50.6 Å². The van der Waals surface area contributed by atoms with E-state index in [1.54, 1.807) is 29.2 Å². The van der Waals surface area contributed by atoms with Crippen LogP contribution in [0.1, 0.15) is 12.8 Å². The number of hydrogen-bond donors (Lipinski definition) is 0. The van der Waals surface area contributed by atoms with Crippen LogP contribution in [0.3, 0.4) is 0 Å². The molecule has 144 valence electrons. The number of benzene rings is 1. The second kappa shape index (κ2) is 7.42. The molecular weight excluding hydrogens is 360 g/mol. The minimum Gasteiger partial charge on any atom is -0.495 e. The molecular formula is C17H24N2O6S. The Hall–Kier alpha value is -1.84. The first-order chi connectivity index (χ1) is 12.3. The number of amides is 1. The van der Waals surface area contributed by atoms with Crippen molar-refractivity contribution in [2.24, 2.45) is 0 Å². The molecule has 1 aromatic rings. The van der Waals surface area contributed by atoms with Gasteiger partial charge in [0.2, 0.25) is 15.9 Å². The number of likely N-dealkylation sites (tertiary alicyclic amines) is 1. The van der Waals surface area contributed by atoms with Crippen molar-refractivity contribution in [2.75, 3.05) is 50.5 Å². The predicted octanol–water partition coefficient (Wildman–Crippen LogP) is 0.827. The van der Waals surface area contributed by atoms with Crippen LogP contribution in [0, 0.1) is 0 Å². The number of carbonyl (C=O) groups is 1. The summed E-state index contributed by atoms with van der Waals surface area (Å²) in [4.78, 5) is 14.4. The molecule has 0 saturated carbocycles. The summed E-state index contributed by atoms with van der Waals surface area (Å²) in [5.74, 6) is -0.430. The second-order valence-electron chi connectivity index (χ2n) is 6.43. The number of sulfonamides is 1. The molecule has 2 saturated heterocycles. The largest absolute Gasteiger partial charge is 0.495 e. The number of para-hydroxylation sites is 2. The third-order valence-electron chi connectivity index (χ3n) is 4.72. The van der Waals surface area contributed by atoms with Crippen LogP contribution in [0.4, 0.5) is 5.69 Å². The number of anilines is 1. The summed E-state index contributed by atoms with van der Waals surface area (Å²) in [6.07, 6.45) is 2.26. The molecule has 26 heavy (non-hydrogen) atoms. The first-order valence-corrected chi connectivity index (χ1v) is 10.4. The summed E-state index contributed by atoms with van der Waals surface area (Å²) in [7, 11) is -2.18. The van der Waals surface area contributed by atoms with E-state index in [4.69, 9.17) is 14.2 Å². The highest BCUT2D eigenvalue weighted by Gasteiger charge is 2.41. The minimum absolute atomic E-state index is 0.255. The quantitative estimate of drug-likeness (QED) is 0.747. The smallest absolute Gasteiger partial charge is 0.243 e. The third-order valence-corrected chi connectivity index (χ3v) is 5.85. The van der Waals surface area contributed by atoms with Gasteiger partial charge in [-0.05, 0) is 12.1 Å². The molecule has 1 spiro atoms. The average molecular weight is 384 g/mol. The Morgan fingerprint density at radius 2 is 1.85 bits per heavy atom. The highest BCUT2D eigenvalue weighted by molar-refractivity contribution is 7.92. The molecule has 1 amide bonds. The lowest BCUT2D eigenvalue weighted by Gasteiger charge is -2.38. The van der Waals surface area contributed by atoms with Crippen molar-refractivity contribution in [2.45, 2.75) is 18.6 Å². The zero-order chi connectivity index (χ0) is 18.8. The molecule has 3 rings (SSSR count). The molecule has 0 N–H and O–H groups in total. The lowest BCUT2D eigenvalue weighted by atomic mass is 10.0. The topological polar surface area (TPSA) is 85.4 Å². The molecule has 2 aliphatic rings. The molecule has 2 heterocycles. The summed E-state index contributed by atoms with van der Waals surface area (Å²) >= 11 is 0. The standard InChI is InChI=1S/C17H24N2O6S/c1-23-15-6-4-3-5-14(15)19(26(2,21)22)13-16(20)18-9-7-17(8-10-18)24-11-12-25-17/h3-6H,7-13H2,1-2H3. The van der Waals surface area contributed by atoms with Gasteiger partial charge in [-0.15, -0.1) is 0 Å². The zero-order valence-corrected chi connectivity index (χ0v) is 15.8. The van der Waals surface area contributed by atoms with Crippen molar-refractivity contribution in [3.8, 4) is 5.75 Å². The molecule has 2 aliphatic heterocycles. The number of piperidine rings is 1. The molecule has 0 unspecified atom stereocenters. The lowest BCUT2D eigenvalue weighted by Crippen LogP contribution is -2.50. The van der Waals surface area contributed by atoms with Gasteiger partial charge in [0.05, 0.1) is 32.3 Å². The zero-order valence-electron chi connectivity index (χ0n) is 15.0. The number of hydrogen-bond acceptors (Lipinski definition) is 6. The third kappa shape index (κ3) is 3.94. The van der Waals surface area contributed by atoms with Crippen LogP contribution in [-0.2, 0) is 24.3 Å².